The van der Waals surface area contributed by atoms with Crippen molar-refractivity contribution in [3.05, 3.63) is 12.1 Å². The van der Waals surface area contributed by atoms with Gasteiger partial charge in [0.05, 0.1) is 5.69 Å². The van der Waals surface area contributed by atoms with Crippen molar-refractivity contribution in [2.24, 2.45) is 5.41 Å². The first kappa shape index (κ1) is 15.6. The van der Waals surface area contributed by atoms with Crippen LogP contribution >= 0.6 is 0 Å². The Balaban J connectivity index is 2.68. The molecule has 4 nitrogen and oxygen atoms in total. The van der Waals surface area contributed by atoms with E-state index in [1.165, 1.54) is 0 Å². The Morgan fingerprint density at radius 2 is 1.79 bits per heavy atom. The maximum atomic E-state index is 5.88. The third-order valence-electron chi connectivity index (χ3n) is 2.47. The van der Waals surface area contributed by atoms with Crippen LogP contribution in [0.5, 0.6) is 5.88 Å². The monoisotopic (exact) mass is 265 g/mol. The number of nitrogens with two attached hydrogens (primary N) is 1. The molecule has 0 amide bonds. The highest BCUT2D eigenvalue weighted by molar-refractivity contribution is 5.53. The number of nitrogens with one attached hydrogen (secondary N) is 1. The predicted octanol–water partition coefficient (Wildman–Crippen LogP) is 3.69. The number of hydrogen-bond acceptors (Lipinski definition) is 4. The van der Waals surface area contributed by atoms with Crippen LogP contribution in [0.2, 0.25) is 0 Å². The zero-order chi connectivity index (χ0) is 14.7. The van der Waals surface area contributed by atoms with Gasteiger partial charge < -0.3 is 15.8 Å². The van der Waals surface area contributed by atoms with Crippen LogP contribution in [0.4, 0.5) is 11.5 Å². The molecule has 108 valence electrons. The fourth-order valence-electron chi connectivity index (χ4n) is 1.49. The smallest absolute Gasteiger partial charge is 0.239 e. The maximum absolute atomic E-state index is 5.88. The van der Waals surface area contributed by atoms with Crippen LogP contribution < -0.4 is 15.8 Å². The van der Waals surface area contributed by atoms with Crippen LogP contribution in [0, 0.1) is 5.41 Å². The molecular weight excluding hydrogens is 238 g/mol. The van der Waals surface area contributed by atoms with Gasteiger partial charge in [-0.3, -0.25) is 0 Å². The van der Waals surface area contributed by atoms with Crippen LogP contribution in [-0.2, 0) is 0 Å². The number of anilines is 2. The van der Waals surface area contributed by atoms with Crippen LogP contribution in [0.25, 0.3) is 0 Å². The lowest BCUT2D eigenvalue weighted by atomic mass is 9.92. The Kier molecular flexibility index (Phi) is 4.66. The summed E-state index contributed by atoms with van der Waals surface area (Å²) >= 11 is 0. The topological polar surface area (TPSA) is 60.2 Å². The second-order valence-electron chi connectivity index (χ2n) is 7.04. The van der Waals surface area contributed by atoms with Gasteiger partial charge in [-0.1, -0.05) is 20.8 Å². The Hall–Kier alpha value is -1.45. The number of aromatic nitrogens is 1. The molecule has 1 rings (SSSR count). The molecule has 0 aliphatic rings. The van der Waals surface area contributed by atoms with Crippen molar-refractivity contribution in [2.45, 2.75) is 53.6 Å². The molecule has 1 aromatic rings. The summed E-state index contributed by atoms with van der Waals surface area (Å²) in [6, 6.07) is 3.71. The van der Waals surface area contributed by atoms with E-state index < -0.39 is 0 Å². The molecule has 0 saturated carbocycles. The van der Waals surface area contributed by atoms with Gasteiger partial charge in [0.15, 0.2) is 0 Å². The van der Waals surface area contributed by atoms with E-state index in [0.29, 0.717) is 17.0 Å². The maximum Gasteiger partial charge on any atom is 0.239 e. The van der Waals surface area contributed by atoms with E-state index in [1.54, 1.807) is 0 Å². The molecule has 0 aromatic carbocycles. The van der Waals surface area contributed by atoms with E-state index in [-0.39, 0.29) is 5.60 Å². The molecule has 0 atom stereocenters. The summed E-state index contributed by atoms with van der Waals surface area (Å²) in [6.45, 7) is 13.5. The summed E-state index contributed by atoms with van der Waals surface area (Å²) in [4.78, 5) is 4.42. The molecule has 0 spiro atoms. The van der Waals surface area contributed by atoms with Gasteiger partial charge in [0.2, 0.25) is 5.88 Å². The minimum Gasteiger partial charge on any atom is -0.470 e. The molecule has 0 radical (unpaired) electrons. The summed E-state index contributed by atoms with van der Waals surface area (Å²) < 4.78 is 5.74. The van der Waals surface area contributed by atoms with Crippen molar-refractivity contribution < 1.29 is 4.74 Å². The average Bonchev–Trinajstić information content (AvgIpc) is 2.19. The summed E-state index contributed by atoms with van der Waals surface area (Å²) in [5.41, 5.74) is 6.46. The van der Waals surface area contributed by atoms with Crippen LogP contribution in [0.3, 0.4) is 0 Å². The Morgan fingerprint density at radius 3 is 2.32 bits per heavy atom. The second kappa shape index (κ2) is 5.68. The predicted molar refractivity (Wildman–Crippen MR) is 81.6 cm³/mol. The Bertz CT molecular complexity index is 416. The molecular formula is C15H27N3O. The molecule has 19 heavy (non-hydrogen) atoms. The highest BCUT2D eigenvalue weighted by Crippen LogP contribution is 2.25. The first-order valence-corrected chi connectivity index (χ1v) is 6.76. The third-order valence-corrected chi connectivity index (χ3v) is 2.47. The van der Waals surface area contributed by atoms with Gasteiger partial charge in [-0.2, -0.15) is 4.98 Å². The molecule has 0 bridgehead atoms. The van der Waals surface area contributed by atoms with Crippen molar-refractivity contribution in [1.29, 1.82) is 0 Å². The van der Waals surface area contributed by atoms with Gasteiger partial charge in [-0.15, -0.1) is 0 Å². The molecule has 1 aromatic heterocycles. The summed E-state index contributed by atoms with van der Waals surface area (Å²) in [5, 5.41) is 3.31. The number of nitrogen functional groups attached to an aromatic ring is 1. The standard InChI is InChI=1S/C15H27N3O/c1-14(2,3)9-10-17-12-8-7-11(16)13(18-12)19-15(4,5)6/h7-8H,9-10,16H2,1-6H3,(H,17,18). The lowest BCUT2D eigenvalue weighted by molar-refractivity contribution is 0.125. The summed E-state index contributed by atoms with van der Waals surface area (Å²) in [7, 11) is 0. The van der Waals surface area contributed by atoms with Gasteiger partial charge in [-0.05, 0) is 44.7 Å². The largest absolute Gasteiger partial charge is 0.470 e. The van der Waals surface area contributed by atoms with Crippen molar-refractivity contribution in [3.8, 4) is 5.88 Å². The summed E-state index contributed by atoms with van der Waals surface area (Å²) in [6.07, 6.45) is 1.08. The molecule has 0 unspecified atom stereocenters. The molecule has 0 fully saturated rings. The number of rotatable bonds is 4. The van der Waals surface area contributed by atoms with E-state index in [4.69, 9.17) is 10.5 Å². The Morgan fingerprint density at radius 1 is 1.16 bits per heavy atom. The number of nitrogens with zero attached hydrogens (tertiary/aromatic N) is 1. The molecule has 0 aliphatic carbocycles. The molecule has 0 aliphatic heterocycles. The third kappa shape index (κ3) is 6.32. The minimum absolute atomic E-state index is 0.300. The van der Waals surface area contributed by atoms with Crippen molar-refractivity contribution >= 4 is 11.5 Å². The lowest BCUT2D eigenvalue weighted by Gasteiger charge is -2.22. The zero-order valence-corrected chi connectivity index (χ0v) is 13.0. The van der Waals surface area contributed by atoms with Crippen LogP contribution in [0.1, 0.15) is 48.0 Å². The van der Waals surface area contributed by atoms with Crippen molar-refractivity contribution in [2.75, 3.05) is 17.6 Å². The van der Waals surface area contributed by atoms with E-state index in [9.17, 15) is 0 Å². The van der Waals surface area contributed by atoms with Crippen LogP contribution in [-0.4, -0.2) is 17.1 Å². The number of ether oxygens (including phenoxy) is 1. The van der Waals surface area contributed by atoms with Crippen molar-refractivity contribution in [1.82, 2.24) is 4.98 Å². The fourth-order valence-corrected chi connectivity index (χ4v) is 1.49. The molecule has 0 saturated heterocycles. The number of hydrogen-bond donors (Lipinski definition) is 2. The lowest BCUT2D eigenvalue weighted by Crippen LogP contribution is -2.24. The SMILES string of the molecule is CC(C)(C)CCNc1ccc(N)c(OC(C)(C)C)n1. The quantitative estimate of drug-likeness (QED) is 0.871. The van der Waals surface area contributed by atoms with Gasteiger partial charge in [0.25, 0.3) is 0 Å². The van der Waals surface area contributed by atoms with E-state index >= 15 is 0 Å². The normalized spacial score (nSPS) is 12.3. The molecule has 3 N–H and O–H groups in total. The summed E-state index contributed by atoms with van der Waals surface area (Å²) in [5.74, 6) is 1.30. The van der Waals surface area contributed by atoms with Crippen molar-refractivity contribution in [3.63, 3.8) is 0 Å². The Labute approximate surface area is 116 Å². The number of pyridine rings is 1. The highest BCUT2D eigenvalue weighted by atomic mass is 16.5. The molecule has 4 heteroatoms. The highest BCUT2D eigenvalue weighted by Gasteiger charge is 2.15. The molecule has 1 heterocycles. The van der Waals surface area contributed by atoms with Gasteiger partial charge in [0.1, 0.15) is 11.4 Å². The van der Waals surface area contributed by atoms with Crippen LogP contribution in [0.15, 0.2) is 12.1 Å². The fraction of sp³-hybridized carbons (Fsp3) is 0.667. The first-order chi connectivity index (χ1) is 8.57. The van der Waals surface area contributed by atoms with E-state index in [0.717, 1.165) is 18.8 Å². The minimum atomic E-state index is -0.300. The van der Waals surface area contributed by atoms with E-state index in [2.05, 4.69) is 31.1 Å². The first-order valence-electron chi connectivity index (χ1n) is 6.76. The van der Waals surface area contributed by atoms with Gasteiger partial charge >= 0.3 is 0 Å². The second-order valence-corrected chi connectivity index (χ2v) is 7.04. The van der Waals surface area contributed by atoms with Gasteiger partial charge in [0, 0.05) is 6.54 Å². The van der Waals surface area contributed by atoms with E-state index in [1.807, 2.05) is 32.9 Å². The average molecular weight is 265 g/mol. The zero-order valence-electron chi connectivity index (χ0n) is 13.0. The van der Waals surface area contributed by atoms with Gasteiger partial charge in [-0.25, -0.2) is 0 Å².